The summed E-state index contributed by atoms with van der Waals surface area (Å²) in [5.74, 6) is 2.27. The third kappa shape index (κ3) is 3.52. The van der Waals surface area contributed by atoms with Crippen molar-refractivity contribution in [3.05, 3.63) is 0 Å². The molecule has 0 saturated carbocycles. The van der Waals surface area contributed by atoms with E-state index in [9.17, 15) is 0 Å². The van der Waals surface area contributed by atoms with E-state index in [2.05, 4.69) is 5.92 Å². The fraction of sp³-hybridized carbons (Fsp3) is 0.600. The molecule has 0 spiro atoms. The van der Waals surface area contributed by atoms with Crippen molar-refractivity contribution in [3.8, 4) is 12.3 Å². The van der Waals surface area contributed by atoms with Gasteiger partial charge in [0, 0.05) is 0 Å². The predicted octanol–water partition coefficient (Wildman–Crippen LogP) is 0.681. The Morgan fingerprint density at radius 3 is 1.83 bits per heavy atom. The highest BCUT2D eigenvalue weighted by Crippen LogP contribution is 1.92. The zero-order valence-electron chi connectivity index (χ0n) is 4.08. The van der Waals surface area contributed by atoms with Gasteiger partial charge in [0.25, 0.3) is 0 Å². The maximum atomic E-state index is 6.94. The summed E-state index contributed by atoms with van der Waals surface area (Å²) in [5.41, 5.74) is 6.26. The minimum atomic E-state index is -0.681. The average Bonchev–Trinajstić information content (AvgIpc) is 1.35. The molecule has 0 atom stereocenters. The predicted molar refractivity (Wildman–Crippen MR) is 26.0 cm³/mol. The fourth-order valence-electron chi connectivity index (χ4n) is 0. The molecule has 0 rings (SSSR count). The second-order valence-corrected chi connectivity index (χ2v) is 1.77. The van der Waals surface area contributed by atoms with Gasteiger partial charge < -0.3 is 0 Å². The second kappa shape index (κ2) is 1.32. The van der Waals surface area contributed by atoms with Crippen LogP contribution in [0.25, 0.3) is 0 Å². The first-order valence-electron chi connectivity index (χ1n) is 1.79. The lowest BCUT2D eigenvalue weighted by atomic mass is 10.1. The van der Waals surface area contributed by atoms with Crippen LogP contribution in [0.3, 0.4) is 0 Å². The molecule has 0 aromatic carbocycles. The molecule has 0 bridgehead atoms. The van der Waals surface area contributed by atoms with E-state index in [0.29, 0.717) is 0 Å². The van der Waals surface area contributed by atoms with Gasteiger partial charge in [0.05, 0.1) is 5.54 Å². The van der Waals surface area contributed by atoms with E-state index in [4.69, 9.17) is 12.2 Å². The molecule has 0 aromatic heterocycles. The highest BCUT2D eigenvalue weighted by molar-refractivity contribution is 5.04. The van der Waals surface area contributed by atoms with Gasteiger partial charge in [0.1, 0.15) is 0 Å². The van der Waals surface area contributed by atoms with Crippen LogP contribution in [0.5, 0.6) is 0 Å². The quantitative estimate of drug-likeness (QED) is 0.384. The van der Waals surface area contributed by atoms with Crippen LogP contribution in [0.2, 0.25) is 0 Å². The van der Waals surface area contributed by atoms with Gasteiger partial charge >= 0.3 is 0 Å². The van der Waals surface area contributed by atoms with E-state index in [1.165, 1.54) is 0 Å². The zero-order chi connectivity index (χ0) is 5.21. The molecule has 1 radical (unpaired) electrons. The van der Waals surface area contributed by atoms with Crippen LogP contribution in [0.15, 0.2) is 0 Å². The largest absolute Gasteiger partial charge is 0.239 e. The van der Waals surface area contributed by atoms with Crippen molar-refractivity contribution in [1.82, 2.24) is 5.73 Å². The van der Waals surface area contributed by atoms with E-state index >= 15 is 0 Å². The maximum absolute atomic E-state index is 6.94. The van der Waals surface area contributed by atoms with Gasteiger partial charge in [-0.15, -0.1) is 6.42 Å². The molecule has 1 nitrogen and oxygen atoms in total. The first-order valence-corrected chi connectivity index (χ1v) is 1.79. The molecule has 0 unspecified atom stereocenters. The molecule has 1 N–H and O–H groups in total. The van der Waals surface area contributed by atoms with Crippen LogP contribution in [0.1, 0.15) is 13.8 Å². The molecule has 0 amide bonds. The first-order chi connectivity index (χ1) is 2.56. The molecule has 0 heterocycles. The standard InChI is InChI=1S/C5H8N/c1-4-5(2,3)6/h1,6H,2-3H3. The first kappa shape index (κ1) is 5.52. The topological polar surface area (TPSA) is 23.8 Å². The smallest absolute Gasteiger partial charge is 0.0868 e. The molecule has 6 heavy (non-hydrogen) atoms. The van der Waals surface area contributed by atoms with Crippen LogP contribution in [0, 0.1) is 12.3 Å². The normalized spacial score (nSPS) is 10.3. The lowest BCUT2D eigenvalue weighted by Gasteiger charge is -2.03. The summed E-state index contributed by atoms with van der Waals surface area (Å²) in [7, 11) is 0. The second-order valence-electron chi connectivity index (χ2n) is 1.77. The average molecular weight is 82.1 g/mol. The zero-order valence-corrected chi connectivity index (χ0v) is 4.08. The highest BCUT2D eigenvalue weighted by Gasteiger charge is 2.02. The summed E-state index contributed by atoms with van der Waals surface area (Å²) in [5, 5.41) is 0. The Balaban J connectivity index is 3.55. The van der Waals surface area contributed by atoms with Crippen LogP contribution in [-0.2, 0) is 0 Å². The van der Waals surface area contributed by atoms with Gasteiger partial charge in [0.15, 0.2) is 0 Å². The lowest BCUT2D eigenvalue weighted by Crippen LogP contribution is -2.16. The van der Waals surface area contributed by atoms with Crippen molar-refractivity contribution in [2.24, 2.45) is 0 Å². The Bertz CT molecular complexity index is 70.9. The fourth-order valence-corrected chi connectivity index (χ4v) is 0. The lowest BCUT2D eigenvalue weighted by molar-refractivity contribution is 0.656. The molecule has 33 valence electrons. The SMILES string of the molecule is C#CC(C)(C)[NH]. The Hall–Kier alpha value is -0.480. The van der Waals surface area contributed by atoms with Crippen molar-refractivity contribution in [2.45, 2.75) is 19.4 Å². The Morgan fingerprint density at radius 1 is 1.67 bits per heavy atom. The number of nitrogens with one attached hydrogen (secondary N) is 1. The number of hydrogen-bond acceptors (Lipinski definition) is 0. The molecule has 0 aliphatic rings. The van der Waals surface area contributed by atoms with E-state index in [0.717, 1.165) is 0 Å². The van der Waals surface area contributed by atoms with Gasteiger partial charge in [-0.2, -0.15) is 0 Å². The summed E-state index contributed by atoms with van der Waals surface area (Å²) in [6.07, 6.45) is 4.87. The Labute approximate surface area is 38.5 Å². The van der Waals surface area contributed by atoms with E-state index in [-0.39, 0.29) is 0 Å². The van der Waals surface area contributed by atoms with E-state index < -0.39 is 5.54 Å². The van der Waals surface area contributed by atoms with Crippen LogP contribution >= 0.6 is 0 Å². The van der Waals surface area contributed by atoms with E-state index in [1.54, 1.807) is 13.8 Å². The highest BCUT2D eigenvalue weighted by atomic mass is 14.7. The van der Waals surface area contributed by atoms with Crippen molar-refractivity contribution in [1.29, 1.82) is 0 Å². The Morgan fingerprint density at radius 2 is 1.83 bits per heavy atom. The van der Waals surface area contributed by atoms with Crippen LogP contribution in [-0.4, -0.2) is 5.54 Å². The summed E-state index contributed by atoms with van der Waals surface area (Å²) in [4.78, 5) is 0. The van der Waals surface area contributed by atoms with Gasteiger partial charge in [-0.05, 0) is 13.8 Å². The third-order valence-electron chi connectivity index (χ3n) is 0.361. The van der Waals surface area contributed by atoms with Gasteiger partial charge in [0.2, 0.25) is 0 Å². The number of terminal acetylenes is 1. The van der Waals surface area contributed by atoms with Crippen molar-refractivity contribution < 1.29 is 0 Å². The molecular weight excluding hydrogens is 74.1 g/mol. The van der Waals surface area contributed by atoms with Crippen molar-refractivity contribution in [3.63, 3.8) is 0 Å². The van der Waals surface area contributed by atoms with Crippen molar-refractivity contribution in [2.75, 3.05) is 0 Å². The van der Waals surface area contributed by atoms with Crippen molar-refractivity contribution >= 4 is 0 Å². The molecule has 0 saturated heterocycles. The summed E-state index contributed by atoms with van der Waals surface area (Å²) < 4.78 is 0. The van der Waals surface area contributed by atoms with Gasteiger partial charge in [-0.25, -0.2) is 5.73 Å². The monoisotopic (exact) mass is 82.1 g/mol. The minimum absolute atomic E-state index is 0.681. The van der Waals surface area contributed by atoms with Crippen LogP contribution in [0.4, 0.5) is 0 Å². The molecule has 0 fully saturated rings. The Kier molecular flexibility index (Phi) is 1.21. The summed E-state index contributed by atoms with van der Waals surface area (Å²) in [6.45, 7) is 3.35. The van der Waals surface area contributed by atoms with Crippen LogP contribution < -0.4 is 5.73 Å². The summed E-state index contributed by atoms with van der Waals surface area (Å²) >= 11 is 0. The number of rotatable bonds is 0. The minimum Gasteiger partial charge on any atom is -0.239 e. The number of hydrogen-bond donors (Lipinski definition) is 0. The molecule has 1 heteroatoms. The molecule has 0 aromatic rings. The maximum Gasteiger partial charge on any atom is 0.0868 e. The molecular formula is C5H8N. The van der Waals surface area contributed by atoms with Gasteiger partial charge in [-0.3, -0.25) is 0 Å². The molecule has 0 aliphatic heterocycles. The molecule has 0 aliphatic carbocycles. The summed E-state index contributed by atoms with van der Waals surface area (Å²) in [6, 6.07) is 0. The van der Waals surface area contributed by atoms with E-state index in [1.807, 2.05) is 0 Å². The third-order valence-corrected chi connectivity index (χ3v) is 0.361. The van der Waals surface area contributed by atoms with Gasteiger partial charge in [-0.1, -0.05) is 5.92 Å².